The van der Waals surface area contributed by atoms with Gasteiger partial charge in [-0.1, -0.05) is 6.07 Å². The second kappa shape index (κ2) is 8.07. The van der Waals surface area contributed by atoms with Crippen LogP contribution in [0.4, 0.5) is 0 Å². The molecule has 11 heavy (non-hydrogen) atoms. The van der Waals surface area contributed by atoms with Crippen LogP contribution in [0.3, 0.4) is 0 Å². The smallest absolute Gasteiger partial charge is 0.0612 e. The number of hydrogen-bond acceptors (Lipinski definition) is 2. The van der Waals surface area contributed by atoms with Crippen molar-refractivity contribution < 1.29 is 58.9 Å². The van der Waals surface area contributed by atoms with Gasteiger partial charge >= 0.3 is 0 Å². The summed E-state index contributed by atoms with van der Waals surface area (Å²) in [7, 11) is 0. The fourth-order valence-corrected chi connectivity index (χ4v) is 1.37. The van der Waals surface area contributed by atoms with Crippen molar-refractivity contribution in [3.63, 3.8) is 0 Å². The van der Waals surface area contributed by atoms with Crippen LogP contribution in [-0.4, -0.2) is 5.11 Å². The summed E-state index contributed by atoms with van der Waals surface area (Å²) >= 11 is 1.57. The molecule has 1 atom stereocenters. The molecule has 0 aliphatic carbocycles. The Kier molecular flexibility index (Phi) is 11.0. The van der Waals surface area contributed by atoms with Gasteiger partial charge in [0.1, 0.15) is 0 Å². The van der Waals surface area contributed by atoms with Gasteiger partial charge in [-0.2, -0.15) is 6.42 Å². The molecule has 0 spiro atoms. The monoisotopic (exact) mass is 414 g/mol. The van der Waals surface area contributed by atoms with Gasteiger partial charge in [0.2, 0.25) is 0 Å². The van der Waals surface area contributed by atoms with E-state index in [1.54, 1.807) is 11.3 Å². The number of rotatable bonds is 2. The second-order valence-electron chi connectivity index (χ2n) is 1.82. The van der Waals surface area contributed by atoms with Crippen LogP contribution in [0.15, 0.2) is 17.5 Å². The average molecular weight is 414 g/mol. The molecule has 1 nitrogen and oxygen atoms in total. The van der Waals surface area contributed by atoms with E-state index in [0.717, 1.165) is 4.88 Å². The number of aliphatic hydroxyl groups is 1. The molecule has 0 aliphatic heterocycles. The molecule has 0 saturated carbocycles. The first-order valence-electron chi connectivity index (χ1n) is 2.85. The van der Waals surface area contributed by atoms with Gasteiger partial charge < -0.3 is 12.0 Å². The van der Waals surface area contributed by atoms with E-state index in [9.17, 15) is 0 Å². The molecule has 0 saturated heterocycles. The van der Waals surface area contributed by atoms with Crippen LogP contribution in [0, 0.1) is 6.92 Å². The van der Waals surface area contributed by atoms with Gasteiger partial charge in [-0.15, -0.1) is 11.3 Å². The summed E-state index contributed by atoms with van der Waals surface area (Å²) in [6.07, 6.45) is 0.200. The topological polar surface area (TPSA) is 20.2 Å². The van der Waals surface area contributed by atoms with Crippen LogP contribution in [0.5, 0.6) is 0 Å². The Morgan fingerprint density at radius 3 is 2.64 bits per heavy atom. The zero-order chi connectivity index (χ0) is 6.69. The molecule has 1 unspecified atom stereocenters. The Balaban J connectivity index is 0. The van der Waals surface area contributed by atoms with Gasteiger partial charge in [0, 0.05) is 58.7 Å². The molecular formula is C7H9OSWY-. The van der Waals surface area contributed by atoms with Crippen LogP contribution in [0.1, 0.15) is 17.4 Å². The maximum absolute atomic E-state index is 9.17. The summed E-state index contributed by atoms with van der Waals surface area (Å²) in [6.45, 7) is 3.60. The maximum Gasteiger partial charge on any atom is 0.0612 e. The van der Waals surface area contributed by atoms with Crippen LogP contribution in [-0.2, 0) is 53.8 Å². The standard InChI is InChI=1S/C7H9OS.W.Y/c1-2-6(8)7-4-3-5-9-7;;/h3-6,8H,1-2H2;;/q-1;;. The minimum absolute atomic E-state index is 0. The Bertz CT molecular complexity index is 167. The first-order chi connectivity index (χ1) is 4.34. The quantitative estimate of drug-likeness (QED) is 0.735. The third-order valence-electron chi connectivity index (χ3n) is 1.15. The van der Waals surface area contributed by atoms with E-state index in [1.807, 2.05) is 17.5 Å². The number of thiophene rings is 1. The Hall–Kier alpha value is 1.45. The van der Waals surface area contributed by atoms with Crippen LogP contribution in [0.2, 0.25) is 0 Å². The van der Waals surface area contributed by atoms with Gasteiger partial charge in [-0.25, -0.2) is 0 Å². The van der Waals surface area contributed by atoms with Crippen molar-refractivity contribution in [2.24, 2.45) is 0 Å². The third-order valence-corrected chi connectivity index (χ3v) is 2.12. The van der Waals surface area contributed by atoms with Gasteiger partial charge in [0.25, 0.3) is 0 Å². The average Bonchev–Trinajstić information content (AvgIpc) is 2.37. The zero-order valence-electron chi connectivity index (χ0n) is 6.06. The fraction of sp³-hybridized carbons (Fsp3) is 0.286. The molecule has 1 heterocycles. The van der Waals surface area contributed by atoms with Crippen LogP contribution >= 0.6 is 11.3 Å². The normalized spacial score (nSPS) is 11.1. The predicted molar refractivity (Wildman–Crippen MR) is 39.3 cm³/mol. The van der Waals surface area contributed by atoms with Crippen LogP contribution < -0.4 is 0 Å². The van der Waals surface area contributed by atoms with E-state index in [0.29, 0.717) is 6.42 Å². The molecule has 0 aromatic carbocycles. The molecule has 1 N–H and O–H groups in total. The second-order valence-corrected chi connectivity index (χ2v) is 2.80. The van der Waals surface area contributed by atoms with Gasteiger partial charge in [0.05, 0.1) is 6.10 Å². The van der Waals surface area contributed by atoms with E-state index in [2.05, 4.69) is 6.92 Å². The Labute approximate surface area is 111 Å². The Morgan fingerprint density at radius 2 is 2.27 bits per heavy atom. The minimum Gasteiger partial charge on any atom is -0.390 e. The molecule has 0 fully saturated rings. The summed E-state index contributed by atoms with van der Waals surface area (Å²) in [5.74, 6) is 0. The first-order valence-corrected chi connectivity index (χ1v) is 3.73. The third kappa shape index (κ3) is 4.90. The van der Waals surface area contributed by atoms with Crippen molar-refractivity contribution in [2.45, 2.75) is 12.5 Å². The Morgan fingerprint density at radius 1 is 1.64 bits per heavy atom. The summed E-state index contributed by atoms with van der Waals surface area (Å²) in [6, 6.07) is 3.85. The molecule has 1 aromatic rings. The zero-order valence-corrected chi connectivity index (χ0v) is 12.7. The van der Waals surface area contributed by atoms with Crippen molar-refractivity contribution in [3.8, 4) is 0 Å². The van der Waals surface area contributed by atoms with E-state index in [1.165, 1.54) is 0 Å². The van der Waals surface area contributed by atoms with E-state index >= 15 is 0 Å². The van der Waals surface area contributed by atoms with Gasteiger partial charge in [-0.05, 0) is 11.4 Å². The van der Waals surface area contributed by atoms with E-state index in [4.69, 9.17) is 5.11 Å². The van der Waals surface area contributed by atoms with Crippen LogP contribution in [0.25, 0.3) is 0 Å². The first kappa shape index (κ1) is 14.9. The summed E-state index contributed by atoms with van der Waals surface area (Å²) in [4.78, 5) is 1.00. The SMILES string of the molecule is [CH2-]CC(O)c1cccs1.[W].[Y]. The van der Waals surface area contributed by atoms with Crippen molar-refractivity contribution in [1.82, 2.24) is 0 Å². The molecule has 4 heteroatoms. The summed E-state index contributed by atoms with van der Waals surface area (Å²) in [5.41, 5.74) is 0. The molecule has 1 radical (unpaired) electrons. The van der Waals surface area contributed by atoms with Crippen molar-refractivity contribution in [1.29, 1.82) is 0 Å². The van der Waals surface area contributed by atoms with E-state index in [-0.39, 0.29) is 59.9 Å². The van der Waals surface area contributed by atoms with Gasteiger partial charge in [0.15, 0.2) is 0 Å². The largest absolute Gasteiger partial charge is 0.390 e. The molecule has 59 valence electrons. The van der Waals surface area contributed by atoms with E-state index < -0.39 is 0 Å². The van der Waals surface area contributed by atoms with Crippen molar-refractivity contribution in [2.75, 3.05) is 0 Å². The molecule has 0 amide bonds. The number of hydrogen-bond donors (Lipinski definition) is 1. The molecule has 1 aromatic heterocycles. The molecule has 0 aliphatic rings. The van der Waals surface area contributed by atoms with Crippen molar-refractivity contribution >= 4 is 11.3 Å². The van der Waals surface area contributed by atoms with Crippen molar-refractivity contribution in [3.05, 3.63) is 29.3 Å². The van der Waals surface area contributed by atoms with Gasteiger partial charge in [-0.3, -0.25) is 0 Å². The summed E-state index contributed by atoms with van der Waals surface area (Å²) in [5, 5.41) is 11.1. The summed E-state index contributed by atoms with van der Waals surface area (Å²) < 4.78 is 0. The maximum atomic E-state index is 9.17. The minimum atomic E-state index is -0.356. The molecular weight excluding hydrogens is 405 g/mol. The number of aliphatic hydroxyl groups excluding tert-OH is 1. The molecule has 1 rings (SSSR count). The predicted octanol–water partition coefficient (Wildman–Crippen LogP) is 2.00. The molecule has 0 bridgehead atoms. The fourth-order valence-electron chi connectivity index (χ4n) is 0.623.